The number of hydrogen-bond acceptors (Lipinski definition) is 6. The fourth-order valence-electron chi connectivity index (χ4n) is 2.53. The predicted molar refractivity (Wildman–Crippen MR) is 93.0 cm³/mol. The first-order chi connectivity index (χ1) is 11.9. The Bertz CT molecular complexity index is 973. The van der Waals surface area contributed by atoms with E-state index in [9.17, 15) is 13.0 Å². The standard InChI is InChI=1S/C15H15N2O.C2H6O4S/c1-3-17-12-8-5-4-7-11(12)16-15-13(17)9-6-10-14(15)18-2;1-2-6-7(3,4)5/h4-10H,3H2,1-2H3;2H2,1H3,(H,3,4,5)/q+1;/p-1. The fraction of sp³-hybridized carbons (Fsp3) is 0.294. The Morgan fingerprint density at radius 1 is 1.08 bits per heavy atom. The van der Waals surface area contributed by atoms with Crippen LogP contribution >= 0.6 is 0 Å². The van der Waals surface area contributed by atoms with Gasteiger partial charge < -0.3 is 9.29 Å². The molecule has 0 bridgehead atoms. The fourth-order valence-corrected chi connectivity index (χ4v) is 2.82. The van der Waals surface area contributed by atoms with Crippen LogP contribution in [0.3, 0.4) is 0 Å². The smallest absolute Gasteiger partial charge is 0.235 e. The van der Waals surface area contributed by atoms with Gasteiger partial charge in [0, 0.05) is 12.1 Å². The van der Waals surface area contributed by atoms with Crippen LogP contribution in [0.4, 0.5) is 0 Å². The number of methoxy groups -OCH3 is 1. The summed E-state index contributed by atoms with van der Waals surface area (Å²) in [7, 11) is -2.74. The molecule has 0 spiro atoms. The number of para-hydroxylation sites is 3. The topological polar surface area (TPSA) is 92.4 Å². The average Bonchev–Trinajstić information content (AvgIpc) is 2.58. The zero-order valence-corrected chi connectivity index (χ0v) is 15.1. The Kier molecular flexibility index (Phi) is 6.24. The van der Waals surface area contributed by atoms with Gasteiger partial charge in [0.1, 0.15) is 12.1 Å². The molecule has 0 fully saturated rings. The lowest BCUT2D eigenvalue weighted by molar-refractivity contribution is -0.641. The van der Waals surface area contributed by atoms with Crippen molar-refractivity contribution in [3.63, 3.8) is 0 Å². The molecule has 7 nitrogen and oxygen atoms in total. The van der Waals surface area contributed by atoms with Crippen molar-refractivity contribution in [1.29, 1.82) is 0 Å². The number of fused-ring (bicyclic) bond motifs is 2. The van der Waals surface area contributed by atoms with Gasteiger partial charge in [-0.05, 0) is 26.0 Å². The van der Waals surface area contributed by atoms with Crippen molar-refractivity contribution in [2.75, 3.05) is 13.7 Å². The minimum absolute atomic E-state index is 0.0914. The number of aryl methyl sites for hydroxylation is 1. The van der Waals surface area contributed by atoms with Gasteiger partial charge in [-0.1, -0.05) is 18.2 Å². The Morgan fingerprint density at radius 3 is 2.32 bits per heavy atom. The number of hydrogen-bond donors (Lipinski definition) is 0. The molecular weight excluding hydrogens is 344 g/mol. The molecule has 0 unspecified atom stereocenters. The second-order valence-electron chi connectivity index (χ2n) is 4.99. The van der Waals surface area contributed by atoms with Crippen LogP contribution in [0.5, 0.6) is 5.75 Å². The van der Waals surface area contributed by atoms with Gasteiger partial charge in [-0.15, -0.1) is 0 Å². The third kappa shape index (κ3) is 4.62. The molecule has 3 aromatic rings. The SMILES string of the molecule is CCOS(=O)(=O)[O-].CC[n+]1c2ccccc2nc2c(OC)cccc21. The molecule has 1 heterocycles. The van der Waals surface area contributed by atoms with E-state index in [0.717, 1.165) is 34.4 Å². The molecule has 2 aromatic carbocycles. The average molecular weight is 364 g/mol. The van der Waals surface area contributed by atoms with E-state index in [0.29, 0.717) is 0 Å². The molecule has 25 heavy (non-hydrogen) atoms. The van der Waals surface area contributed by atoms with Gasteiger partial charge in [-0.2, -0.15) is 4.57 Å². The number of ether oxygens (including phenoxy) is 1. The van der Waals surface area contributed by atoms with E-state index in [4.69, 9.17) is 9.72 Å². The quantitative estimate of drug-likeness (QED) is 0.305. The molecule has 0 amide bonds. The van der Waals surface area contributed by atoms with Gasteiger partial charge in [-0.25, -0.2) is 13.4 Å². The summed E-state index contributed by atoms with van der Waals surface area (Å²) in [5.41, 5.74) is 4.17. The maximum absolute atomic E-state index is 9.45. The maximum Gasteiger partial charge on any atom is 0.235 e. The van der Waals surface area contributed by atoms with E-state index < -0.39 is 10.4 Å². The molecule has 1 aromatic heterocycles. The Labute approximate surface area is 146 Å². The molecule has 0 aliphatic rings. The van der Waals surface area contributed by atoms with Gasteiger partial charge in [0.05, 0.1) is 13.7 Å². The van der Waals surface area contributed by atoms with Crippen LogP contribution in [0.15, 0.2) is 42.5 Å². The molecule has 8 heteroatoms. The largest absolute Gasteiger partial charge is 0.726 e. The molecular formula is C17H20N2O5S. The lowest BCUT2D eigenvalue weighted by atomic mass is 10.2. The zero-order chi connectivity index (χ0) is 18.4. The van der Waals surface area contributed by atoms with Crippen LogP contribution < -0.4 is 9.30 Å². The highest BCUT2D eigenvalue weighted by Crippen LogP contribution is 2.23. The summed E-state index contributed by atoms with van der Waals surface area (Å²) in [6, 6.07) is 14.2. The van der Waals surface area contributed by atoms with Crippen molar-refractivity contribution in [3.8, 4) is 5.75 Å². The van der Waals surface area contributed by atoms with Crippen molar-refractivity contribution in [2.45, 2.75) is 20.4 Å². The first kappa shape index (κ1) is 19.0. The van der Waals surface area contributed by atoms with Crippen LogP contribution in [0, 0.1) is 0 Å². The van der Waals surface area contributed by atoms with E-state index in [1.54, 1.807) is 7.11 Å². The van der Waals surface area contributed by atoms with Crippen molar-refractivity contribution < 1.29 is 26.5 Å². The molecule has 0 aliphatic heterocycles. The normalized spacial score (nSPS) is 11.2. The monoisotopic (exact) mass is 364 g/mol. The van der Waals surface area contributed by atoms with Gasteiger partial charge in [0.25, 0.3) is 0 Å². The third-order valence-electron chi connectivity index (χ3n) is 3.47. The van der Waals surface area contributed by atoms with Crippen LogP contribution in [0.1, 0.15) is 13.8 Å². The highest BCUT2D eigenvalue weighted by Gasteiger charge is 2.16. The number of nitrogens with zero attached hydrogens (tertiary/aromatic N) is 2. The number of aromatic nitrogens is 2. The Balaban J connectivity index is 0.000000277. The van der Waals surface area contributed by atoms with E-state index in [1.807, 2.05) is 30.3 Å². The predicted octanol–water partition coefficient (Wildman–Crippen LogP) is 2.19. The van der Waals surface area contributed by atoms with E-state index in [1.165, 1.54) is 6.92 Å². The van der Waals surface area contributed by atoms with Gasteiger partial charge in [-0.3, -0.25) is 4.18 Å². The maximum atomic E-state index is 9.45. The molecule has 134 valence electrons. The third-order valence-corrected chi connectivity index (χ3v) is 4.00. The lowest BCUT2D eigenvalue weighted by Gasteiger charge is -2.06. The summed E-state index contributed by atoms with van der Waals surface area (Å²) in [4.78, 5) is 4.71. The lowest BCUT2D eigenvalue weighted by Crippen LogP contribution is -2.34. The van der Waals surface area contributed by atoms with Crippen LogP contribution in [0.25, 0.3) is 22.1 Å². The van der Waals surface area contributed by atoms with Crippen molar-refractivity contribution >= 4 is 32.5 Å². The summed E-state index contributed by atoms with van der Waals surface area (Å²) in [5.74, 6) is 0.820. The molecule has 0 saturated heterocycles. The summed E-state index contributed by atoms with van der Waals surface area (Å²) in [6.45, 7) is 4.39. The zero-order valence-electron chi connectivity index (χ0n) is 14.3. The van der Waals surface area contributed by atoms with Crippen LogP contribution in [0.2, 0.25) is 0 Å². The summed E-state index contributed by atoms with van der Waals surface area (Å²) in [5, 5.41) is 0. The summed E-state index contributed by atoms with van der Waals surface area (Å²) < 4.78 is 39.7. The summed E-state index contributed by atoms with van der Waals surface area (Å²) >= 11 is 0. The molecule has 0 saturated carbocycles. The highest BCUT2D eigenvalue weighted by atomic mass is 32.3. The van der Waals surface area contributed by atoms with Crippen molar-refractivity contribution in [2.24, 2.45) is 0 Å². The van der Waals surface area contributed by atoms with Crippen molar-refractivity contribution in [1.82, 2.24) is 4.98 Å². The van der Waals surface area contributed by atoms with Gasteiger partial charge in [0.15, 0.2) is 11.3 Å². The van der Waals surface area contributed by atoms with E-state index in [2.05, 4.69) is 27.8 Å². The Morgan fingerprint density at radius 2 is 1.76 bits per heavy atom. The van der Waals surface area contributed by atoms with Crippen molar-refractivity contribution in [3.05, 3.63) is 42.5 Å². The summed E-state index contributed by atoms with van der Waals surface area (Å²) in [6.07, 6.45) is 0. The van der Waals surface area contributed by atoms with Crippen LogP contribution in [-0.2, 0) is 21.1 Å². The van der Waals surface area contributed by atoms with Crippen LogP contribution in [-0.4, -0.2) is 31.7 Å². The number of rotatable bonds is 4. The molecule has 0 N–H and O–H groups in total. The number of benzene rings is 2. The molecule has 0 aliphatic carbocycles. The second-order valence-corrected chi connectivity index (χ2v) is 6.04. The van der Waals surface area contributed by atoms with Gasteiger partial charge >= 0.3 is 0 Å². The minimum atomic E-state index is -4.42. The van der Waals surface area contributed by atoms with E-state index in [-0.39, 0.29) is 6.61 Å². The van der Waals surface area contributed by atoms with E-state index >= 15 is 0 Å². The van der Waals surface area contributed by atoms with Gasteiger partial charge in [0.2, 0.25) is 21.4 Å². The highest BCUT2D eigenvalue weighted by molar-refractivity contribution is 7.80. The first-order valence-electron chi connectivity index (χ1n) is 7.76. The molecule has 0 atom stereocenters. The molecule has 0 radical (unpaired) electrons. The molecule has 3 rings (SSSR count). The first-order valence-corrected chi connectivity index (χ1v) is 9.10. The minimum Gasteiger partial charge on any atom is -0.726 e. The second kappa shape index (κ2) is 8.19. The Hall–Kier alpha value is -2.29.